The minimum atomic E-state index is -4.46. The molecule has 5 rings (SSSR count). The van der Waals surface area contributed by atoms with Gasteiger partial charge < -0.3 is 14.6 Å². The van der Waals surface area contributed by atoms with Crippen LogP contribution in [0.5, 0.6) is 0 Å². The van der Waals surface area contributed by atoms with Crippen molar-refractivity contribution in [2.75, 3.05) is 13.2 Å². The maximum absolute atomic E-state index is 17.6. The average molecular weight is 657 g/mol. The molecule has 0 amide bonds. The highest BCUT2D eigenvalue weighted by Crippen LogP contribution is 2.71. The van der Waals surface area contributed by atoms with Crippen LogP contribution in [0.2, 0.25) is 5.02 Å². The standard InChI is InChI=1S/C31H35ClF2O9S/c1-5-41-27(38)43-31(26(37)16-42-44(39,40)20-8-6-18(32)7-9-20)17(2)12-21-22-14-24(33)23-13-19(35)10-11-28(23,3)30(22,34)25(36)15-29(21,31)4/h6-11,13,17,21-22,24-25,36H,5,12,14-16H2,1-4H3/t17-,21+,22+,24+,25+,28+,29+,30+,31+/m1/s1. The zero-order chi connectivity index (χ0) is 32.5. The van der Waals surface area contributed by atoms with E-state index in [1.165, 1.54) is 44.2 Å². The highest BCUT2D eigenvalue weighted by molar-refractivity contribution is 7.86. The van der Waals surface area contributed by atoms with Crippen LogP contribution in [0.3, 0.4) is 0 Å². The van der Waals surface area contributed by atoms with Gasteiger partial charge in [0.1, 0.15) is 12.8 Å². The zero-order valence-electron chi connectivity index (χ0n) is 24.7. The number of hydrogen-bond acceptors (Lipinski definition) is 9. The number of halogens is 3. The number of allylic oxidation sites excluding steroid dienone is 4. The molecule has 0 bridgehead atoms. The van der Waals surface area contributed by atoms with Crippen molar-refractivity contribution in [2.24, 2.45) is 28.6 Å². The normalized spacial score (nSPS) is 39.5. The minimum Gasteiger partial charge on any atom is -0.435 e. The first-order chi connectivity index (χ1) is 20.5. The van der Waals surface area contributed by atoms with Gasteiger partial charge in [-0.1, -0.05) is 31.5 Å². The monoisotopic (exact) mass is 656 g/mol. The molecule has 0 aliphatic heterocycles. The smallest absolute Gasteiger partial charge is 0.435 e. The van der Waals surface area contributed by atoms with Crippen molar-refractivity contribution < 1.29 is 50.3 Å². The summed E-state index contributed by atoms with van der Waals surface area (Å²) in [5, 5.41) is 11.9. The van der Waals surface area contributed by atoms with Gasteiger partial charge in [0.2, 0.25) is 5.78 Å². The van der Waals surface area contributed by atoms with Crippen molar-refractivity contribution in [1.82, 2.24) is 0 Å². The molecule has 4 aliphatic carbocycles. The summed E-state index contributed by atoms with van der Waals surface area (Å²) in [5.74, 6) is -4.21. The molecule has 0 spiro atoms. The van der Waals surface area contributed by atoms with Crippen LogP contribution >= 0.6 is 11.6 Å². The Morgan fingerprint density at radius 1 is 1.14 bits per heavy atom. The van der Waals surface area contributed by atoms with Crippen molar-refractivity contribution in [3.8, 4) is 0 Å². The van der Waals surface area contributed by atoms with Gasteiger partial charge in [-0.2, -0.15) is 8.42 Å². The lowest BCUT2D eigenvalue weighted by Gasteiger charge is -2.63. The third-order valence-electron chi connectivity index (χ3n) is 10.5. The van der Waals surface area contributed by atoms with E-state index >= 15 is 8.78 Å². The van der Waals surface area contributed by atoms with Gasteiger partial charge in [-0.25, -0.2) is 13.6 Å². The predicted molar refractivity (Wildman–Crippen MR) is 154 cm³/mol. The van der Waals surface area contributed by atoms with Gasteiger partial charge in [-0.3, -0.25) is 13.8 Å². The van der Waals surface area contributed by atoms with Crippen LogP contribution in [0.15, 0.2) is 53.0 Å². The molecule has 240 valence electrons. The van der Waals surface area contributed by atoms with Gasteiger partial charge in [0, 0.05) is 27.7 Å². The van der Waals surface area contributed by atoms with E-state index in [0.717, 1.165) is 12.2 Å². The third kappa shape index (κ3) is 4.58. The molecule has 0 aromatic heterocycles. The van der Waals surface area contributed by atoms with E-state index in [2.05, 4.69) is 0 Å². The summed E-state index contributed by atoms with van der Waals surface area (Å²) in [6.07, 6.45) is -1.86. The number of fused-ring (bicyclic) bond motifs is 5. The van der Waals surface area contributed by atoms with E-state index in [1.54, 1.807) is 13.8 Å². The van der Waals surface area contributed by atoms with E-state index in [-0.39, 0.29) is 34.9 Å². The summed E-state index contributed by atoms with van der Waals surface area (Å²) in [6, 6.07) is 5.08. The molecule has 13 heteroatoms. The lowest BCUT2D eigenvalue weighted by atomic mass is 9.44. The highest BCUT2D eigenvalue weighted by Gasteiger charge is 2.78. The Bertz CT molecular complexity index is 1550. The summed E-state index contributed by atoms with van der Waals surface area (Å²) in [4.78, 5) is 38.9. The lowest BCUT2D eigenvalue weighted by molar-refractivity contribution is -0.225. The quantitative estimate of drug-likeness (QED) is 0.315. The Labute approximate surface area is 259 Å². The predicted octanol–water partition coefficient (Wildman–Crippen LogP) is 5.09. The molecule has 9 atom stereocenters. The van der Waals surface area contributed by atoms with Crippen molar-refractivity contribution >= 4 is 39.4 Å². The first-order valence-electron chi connectivity index (χ1n) is 14.5. The van der Waals surface area contributed by atoms with Gasteiger partial charge in [0.25, 0.3) is 10.1 Å². The largest absolute Gasteiger partial charge is 0.509 e. The van der Waals surface area contributed by atoms with Crippen LogP contribution in [0.1, 0.15) is 47.0 Å². The number of aliphatic hydroxyl groups excluding tert-OH is 1. The Morgan fingerprint density at radius 3 is 2.43 bits per heavy atom. The second-order valence-electron chi connectivity index (χ2n) is 12.6. The molecule has 9 nitrogen and oxygen atoms in total. The molecule has 0 heterocycles. The fourth-order valence-electron chi connectivity index (χ4n) is 8.58. The van der Waals surface area contributed by atoms with Crippen molar-refractivity contribution in [3.05, 3.63) is 53.1 Å². The van der Waals surface area contributed by atoms with Gasteiger partial charge in [-0.15, -0.1) is 0 Å². The molecule has 3 fully saturated rings. The number of hydrogen-bond donors (Lipinski definition) is 1. The van der Waals surface area contributed by atoms with Gasteiger partial charge in [0.15, 0.2) is 17.1 Å². The van der Waals surface area contributed by atoms with E-state index in [9.17, 15) is 27.9 Å². The summed E-state index contributed by atoms with van der Waals surface area (Å²) in [5.41, 5.74) is -7.75. The van der Waals surface area contributed by atoms with Crippen LogP contribution < -0.4 is 0 Å². The molecular weight excluding hydrogens is 622 g/mol. The Kier molecular flexibility index (Phi) is 8.17. The Morgan fingerprint density at radius 2 is 1.80 bits per heavy atom. The van der Waals surface area contributed by atoms with E-state index in [0.29, 0.717) is 0 Å². The Balaban J connectivity index is 1.56. The second kappa shape index (κ2) is 11.0. The molecule has 3 saturated carbocycles. The average Bonchev–Trinajstić information content (AvgIpc) is 3.17. The number of benzene rings is 1. The SMILES string of the molecule is CCOC(=O)O[C@]1(C(=O)COS(=O)(=O)c2ccc(Cl)cc2)[C@H](C)C[C@H]2[C@@H]3C[C@H](F)C4=CC(=O)C=C[C@]4(C)[C@@]3(F)[C@@H](O)C[C@@]21C. The molecule has 1 N–H and O–H groups in total. The van der Waals surface area contributed by atoms with Gasteiger partial charge >= 0.3 is 6.16 Å². The second-order valence-corrected chi connectivity index (χ2v) is 14.7. The number of Topliss-reactive ketones (excluding diaryl/α,β-unsaturated/α-hetero) is 1. The Hall–Kier alpha value is -2.67. The number of alkyl halides is 2. The van der Waals surface area contributed by atoms with Crippen molar-refractivity contribution in [2.45, 2.75) is 75.4 Å². The minimum absolute atomic E-state index is 0.0524. The zero-order valence-corrected chi connectivity index (χ0v) is 26.3. The van der Waals surface area contributed by atoms with Crippen molar-refractivity contribution in [1.29, 1.82) is 0 Å². The molecule has 1 aromatic rings. The molecule has 4 aliphatic rings. The highest BCUT2D eigenvalue weighted by atomic mass is 35.5. The number of carbonyl (C=O) groups is 3. The maximum atomic E-state index is 17.6. The fourth-order valence-corrected chi connectivity index (χ4v) is 9.57. The number of ketones is 2. The molecule has 0 unspecified atom stereocenters. The maximum Gasteiger partial charge on any atom is 0.509 e. The summed E-state index contributed by atoms with van der Waals surface area (Å²) in [7, 11) is -4.46. The molecule has 44 heavy (non-hydrogen) atoms. The van der Waals surface area contributed by atoms with Crippen molar-refractivity contribution in [3.63, 3.8) is 0 Å². The topological polar surface area (TPSA) is 133 Å². The first kappa shape index (κ1) is 32.7. The number of rotatable bonds is 7. The van der Waals surface area contributed by atoms with E-state index in [4.69, 9.17) is 25.3 Å². The molecular formula is C31H35ClF2O9S. The van der Waals surface area contributed by atoms with Crippen LogP contribution in [-0.2, 0) is 33.4 Å². The van der Waals surface area contributed by atoms with E-state index < -0.39 is 93.0 Å². The van der Waals surface area contributed by atoms with Gasteiger partial charge in [-0.05, 0) is 81.0 Å². The van der Waals surface area contributed by atoms with Crippen LogP contribution in [0, 0.1) is 28.6 Å². The lowest BCUT2D eigenvalue weighted by Crippen LogP contribution is -2.71. The molecule has 1 aromatic carbocycles. The molecule has 0 saturated heterocycles. The van der Waals surface area contributed by atoms with Crippen LogP contribution in [0.25, 0.3) is 0 Å². The van der Waals surface area contributed by atoms with Crippen LogP contribution in [-0.4, -0.2) is 68.0 Å². The number of carbonyl (C=O) groups excluding carboxylic acids is 3. The van der Waals surface area contributed by atoms with E-state index in [1.807, 2.05) is 0 Å². The number of aliphatic hydroxyl groups is 1. The summed E-state index contributed by atoms with van der Waals surface area (Å²) in [6.45, 7) is 5.01. The third-order valence-corrected chi connectivity index (χ3v) is 12.1. The van der Waals surface area contributed by atoms with Crippen LogP contribution in [0.4, 0.5) is 13.6 Å². The fraction of sp³-hybridized carbons (Fsp3) is 0.581. The van der Waals surface area contributed by atoms with Gasteiger partial charge in [0.05, 0.1) is 17.6 Å². The molecule has 0 radical (unpaired) electrons. The summed E-state index contributed by atoms with van der Waals surface area (Å²) >= 11 is 5.85. The summed E-state index contributed by atoms with van der Waals surface area (Å²) < 4.78 is 75.2. The first-order valence-corrected chi connectivity index (χ1v) is 16.3. The number of ether oxygens (including phenoxy) is 2.